The minimum atomic E-state index is -3.92. The van der Waals surface area contributed by atoms with Crippen molar-refractivity contribution in [3.8, 4) is 0 Å². The van der Waals surface area contributed by atoms with Crippen molar-refractivity contribution in [3.05, 3.63) is 58.3 Å². The topological polar surface area (TPSA) is 63.2 Å². The van der Waals surface area contributed by atoms with E-state index in [1.807, 2.05) is 0 Å². The zero-order valence-corrected chi connectivity index (χ0v) is 13.3. The number of rotatable bonds is 4. The molecule has 0 saturated carbocycles. The van der Waals surface area contributed by atoms with Gasteiger partial charge in [-0.25, -0.2) is 12.8 Å². The number of halogens is 2. The fourth-order valence-electron chi connectivity index (χ4n) is 1.65. The lowest BCUT2D eigenvalue weighted by atomic mass is 10.2. The molecule has 4 nitrogen and oxygen atoms in total. The highest BCUT2D eigenvalue weighted by atomic mass is 79.9. The number of benzene rings is 2. The summed E-state index contributed by atoms with van der Waals surface area (Å²) in [7, 11) is -3.92. The van der Waals surface area contributed by atoms with Crippen LogP contribution in [-0.4, -0.2) is 14.2 Å². The van der Waals surface area contributed by atoms with Crippen molar-refractivity contribution in [1.29, 1.82) is 0 Å². The molecule has 2 aromatic rings. The Morgan fingerprint density at radius 2 is 1.76 bits per heavy atom. The maximum Gasteiger partial charge on any atom is 0.261 e. The van der Waals surface area contributed by atoms with Crippen molar-refractivity contribution in [2.75, 3.05) is 4.72 Å². The van der Waals surface area contributed by atoms with Gasteiger partial charge in [0.05, 0.1) is 10.6 Å². The molecule has 0 aliphatic rings. The summed E-state index contributed by atoms with van der Waals surface area (Å²) in [5, 5.41) is 0. The number of carbonyl (C=O) groups is 1. The fourth-order valence-corrected chi connectivity index (χ4v) is 3.07. The molecule has 0 amide bonds. The predicted octanol–water partition coefficient (Wildman–Crippen LogP) is 3.59. The van der Waals surface area contributed by atoms with Crippen molar-refractivity contribution in [1.82, 2.24) is 0 Å². The first-order valence-electron chi connectivity index (χ1n) is 5.88. The Balaban J connectivity index is 2.34. The number of hydrogen-bond acceptors (Lipinski definition) is 3. The Bertz CT molecular complexity index is 788. The first-order valence-corrected chi connectivity index (χ1v) is 8.16. The van der Waals surface area contributed by atoms with Crippen LogP contribution in [0.15, 0.2) is 51.8 Å². The highest BCUT2D eigenvalue weighted by Crippen LogP contribution is 2.23. The number of carbonyl (C=O) groups excluding carboxylic acids is 1. The van der Waals surface area contributed by atoms with Crippen LogP contribution >= 0.6 is 15.9 Å². The van der Waals surface area contributed by atoms with E-state index in [4.69, 9.17) is 0 Å². The molecule has 0 saturated heterocycles. The second-order valence-corrected chi connectivity index (χ2v) is 6.91. The largest absolute Gasteiger partial charge is 0.295 e. The quantitative estimate of drug-likeness (QED) is 0.835. The van der Waals surface area contributed by atoms with Crippen LogP contribution in [0.2, 0.25) is 0 Å². The second kappa shape index (κ2) is 5.95. The van der Waals surface area contributed by atoms with Crippen molar-refractivity contribution in [2.24, 2.45) is 0 Å². The molecule has 0 aromatic heterocycles. The average molecular weight is 372 g/mol. The summed E-state index contributed by atoms with van der Waals surface area (Å²) >= 11 is 3.15. The van der Waals surface area contributed by atoms with Crippen molar-refractivity contribution < 1.29 is 17.6 Å². The number of nitrogens with one attached hydrogen (secondary N) is 1. The molecular weight excluding hydrogens is 361 g/mol. The third kappa shape index (κ3) is 3.68. The van der Waals surface area contributed by atoms with Crippen LogP contribution in [0.5, 0.6) is 0 Å². The molecule has 2 aromatic carbocycles. The van der Waals surface area contributed by atoms with Gasteiger partial charge in [0.2, 0.25) is 0 Å². The van der Waals surface area contributed by atoms with E-state index in [1.165, 1.54) is 43.3 Å². The van der Waals surface area contributed by atoms with Gasteiger partial charge in [-0.15, -0.1) is 0 Å². The van der Waals surface area contributed by atoms with Crippen LogP contribution in [0.4, 0.5) is 10.1 Å². The van der Waals surface area contributed by atoms with E-state index in [0.717, 1.165) is 6.07 Å². The first-order chi connectivity index (χ1) is 9.79. The van der Waals surface area contributed by atoms with E-state index in [0.29, 0.717) is 10.0 Å². The Morgan fingerprint density at radius 1 is 1.14 bits per heavy atom. The van der Waals surface area contributed by atoms with Gasteiger partial charge in [-0.1, -0.05) is 28.1 Å². The number of ketones is 1. The van der Waals surface area contributed by atoms with Crippen LogP contribution in [0, 0.1) is 5.82 Å². The summed E-state index contributed by atoms with van der Waals surface area (Å²) in [6.07, 6.45) is 0. The van der Waals surface area contributed by atoms with Gasteiger partial charge in [-0.3, -0.25) is 9.52 Å². The molecule has 2 rings (SSSR count). The number of Topliss-reactive ketones (excluding diaryl/α,β-unsaturated/α-hetero) is 1. The molecule has 0 bridgehead atoms. The third-order valence-electron chi connectivity index (χ3n) is 2.74. The van der Waals surface area contributed by atoms with Gasteiger partial charge in [-0.05, 0) is 37.3 Å². The summed E-state index contributed by atoms with van der Waals surface area (Å²) in [4.78, 5) is 11.1. The molecule has 0 radical (unpaired) electrons. The van der Waals surface area contributed by atoms with Gasteiger partial charge in [0.25, 0.3) is 10.0 Å². The first kappa shape index (κ1) is 15.7. The molecular formula is C14H11BrFNO3S. The SMILES string of the molecule is CC(=O)c1ccc(S(=O)(=O)Nc2cc(Br)ccc2F)cc1. The minimum Gasteiger partial charge on any atom is -0.295 e. The number of anilines is 1. The predicted molar refractivity (Wildman–Crippen MR) is 81.4 cm³/mol. The molecule has 0 atom stereocenters. The molecule has 0 aliphatic heterocycles. The standard InChI is InChI=1S/C14H11BrFNO3S/c1-9(18)10-2-5-12(6-3-10)21(19,20)17-14-8-11(15)4-7-13(14)16/h2-8,17H,1H3. The Morgan fingerprint density at radius 3 is 2.33 bits per heavy atom. The molecule has 0 aliphatic carbocycles. The van der Waals surface area contributed by atoms with Crippen LogP contribution < -0.4 is 4.72 Å². The highest BCUT2D eigenvalue weighted by Gasteiger charge is 2.16. The fraction of sp³-hybridized carbons (Fsp3) is 0.0714. The normalized spacial score (nSPS) is 11.2. The molecule has 7 heteroatoms. The monoisotopic (exact) mass is 371 g/mol. The van der Waals surface area contributed by atoms with Gasteiger partial charge in [0.1, 0.15) is 5.82 Å². The Labute approximate surface area is 130 Å². The maximum atomic E-state index is 13.6. The summed E-state index contributed by atoms with van der Waals surface area (Å²) < 4.78 is 40.7. The van der Waals surface area contributed by atoms with Gasteiger partial charge in [-0.2, -0.15) is 0 Å². The van der Waals surface area contributed by atoms with E-state index in [2.05, 4.69) is 20.7 Å². The highest BCUT2D eigenvalue weighted by molar-refractivity contribution is 9.10. The third-order valence-corrected chi connectivity index (χ3v) is 4.62. The van der Waals surface area contributed by atoms with Crippen LogP contribution in [0.3, 0.4) is 0 Å². The van der Waals surface area contributed by atoms with Crippen molar-refractivity contribution in [3.63, 3.8) is 0 Å². The van der Waals surface area contributed by atoms with E-state index in [-0.39, 0.29) is 16.4 Å². The molecule has 0 unspecified atom stereocenters. The lowest BCUT2D eigenvalue weighted by Crippen LogP contribution is -2.14. The maximum absolute atomic E-state index is 13.6. The lowest BCUT2D eigenvalue weighted by Gasteiger charge is -2.09. The van der Waals surface area contributed by atoms with Gasteiger partial charge in [0.15, 0.2) is 5.78 Å². The Hall–Kier alpha value is -1.73. The number of hydrogen-bond donors (Lipinski definition) is 1. The van der Waals surface area contributed by atoms with Crippen LogP contribution in [-0.2, 0) is 10.0 Å². The molecule has 21 heavy (non-hydrogen) atoms. The zero-order chi connectivity index (χ0) is 15.6. The van der Waals surface area contributed by atoms with Gasteiger partial charge < -0.3 is 0 Å². The van der Waals surface area contributed by atoms with E-state index >= 15 is 0 Å². The molecule has 1 N–H and O–H groups in total. The minimum absolute atomic E-state index is 0.0492. The molecule has 0 fully saturated rings. The molecule has 110 valence electrons. The van der Waals surface area contributed by atoms with E-state index < -0.39 is 15.8 Å². The summed E-state index contributed by atoms with van der Waals surface area (Å²) in [6.45, 7) is 1.39. The summed E-state index contributed by atoms with van der Waals surface area (Å²) in [6, 6.07) is 9.37. The number of sulfonamides is 1. The zero-order valence-electron chi connectivity index (χ0n) is 10.9. The molecule has 0 spiro atoms. The second-order valence-electron chi connectivity index (χ2n) is 4.31. The van der Waals surface area contributed by atoms with E-state index in [9.17, 15) is 17.6 Å². The van der Waals surface area contributed by atoms with Gasteiger partial charge >= 0.3 is 0 Å². The summed E-state index contributed by atoms with van der Waals surface area (Å²) in [5.74, 6) is -0.841. The Kier molecular flexibility index (Phi) is 4.43. The van der Waals surface area contributed by atoms with Crippen molar-refractivity contribution in [2.45, 2.75) is 11.8 Å². The summed E-state index contributed by atoms with van der Waals surface area (Å²) in [5.41, 5.74) is 0.252. The molecule has 0 heterocycles. The van der Waals surface area contributed by atoms with Crippen LogP contribution in [0.1, 0.15) is 17.3 Å². The van der Waals surface area contributed by atoms with Gasteiger partial charge in [0, 0.05) is 10.0 Å². The smallest absolute Gasteiger partial charge is 0.261 e. The lowest BCUT2D eigenvalue weighted by molar-refractivity contribution is 0.101. The average Bonchev–Trinajstić information content (AvgIpc) is 2.43. The van der Waals surface area contributed by atoms with Crippen LogP contribution in [0.25, 0.3) is 0 Å². The van der Waals surface area contributed by atoms with E-state index in [1.54, 1.807) is 0 Å². The van der Waals surface area contributed by atoms with Crippen molar-refractivity contribution >= 4 is 37.4 Å².